The van der Waals surface area contributed by atoms with Crippen molar-refractivity contribution in [3.05, 3.63) is 57.6 Å². The number of phenolic OH excluding ortho intramolecular Hbond substituents is 1. The molecule has 1 amide bonds. The predicted molar refractivity (Wildman–Crippen MR) is 94.3 cm³/mol. The average molecular weight is 382 g/mol. The zero-order valence-electron chi connectivity index (χ0n) is 13.2. The van der Waals surface area contributed by atoms with Gasteiger partial charge in [-0.3, -0.25) is 10.5 Å². The third-order valence-corrected chi connectivity index (χ3v) is 4.18. The second kappa shape index (κ2) is 8.09. The minimum absolute atomic E-state index is 0.0920. The second-order valence-corrected chi connectivity index (χ2v) is 5.97. The van der Waals surface area contributed by atoms with Gasteiger partial charge in [-0.15, -0.1) is 0 Å². The highest BCUT2D eigenvalue weighted by Crippen LogP contribution is 2.38. The van der Waals surface area contributed by atoms with E-state index in [2.05, 4.69) is 5.32 Å². The van der Waals surface area contributed by atoms with Crippen LogP contribution >= 0.6 is 23.2 Å². The molecular weight excluding hydrogens is 367 g/mol. The lowest BCUT2D eigenvalue weighted by atomic mass is 10.1. The molecule has 131 valence electrons. The van der Waals surface area contributed by atoms with Crippen LogP contribution in [-0.4, -0.2) is 30.1 Å². The first kappa shape index (κ1) is 18.9. The lowest BCUT2D eigenvalue weighted by Gasteiger charge is -2.17. The summed E-state index contributed by atoms with van der Waals surface area (Å²) in [5.41, 5.74) is 7.89. The summed E-state index contributed by atoms with van der Waals surface area (Å²) in [6, 6.07) is 9.22. The number of esters is 1. The molecule has 0 fully saturated rings. The van der Waals surface area contributed by atoms with Gasteiger partial charge in [0.15, 0.2) is 0 Å². The molecular formula is C17H15Cl2N2O4. The van der Waals surface area contributed by atoms with E-state index in [9.17, 15) is 14.7 Å². The van der Waals surface area contributed by atoms with Crippen LogP contribution in [0.3, 0.4) is 0 Å². The number of halogens is 2. The molecule has 0 unspecified atom stereocenters. The molecule has 0 saturated heterocycles. The molecule has 0 bridgehead atoms. The van der Waals surface area contributed by atoms with E-state index >= 15 is 0 Å². The maximum absolute atomic E-state index is 12.4. The highest BCUT2D eigenvalue weighted by molar-refractivity contribution is 6.40. The number of methoxy groups -OCH3 is 1. The van der Waals surface area contributed by atoms with Crippen molar-refractivity contribution in [2.24, 2.45) is 0 Å². The lowest BCUT2D eigenvalue weighted by molar-refractivity contribution is -0.142. The van der Waals surface area contributed by atoms with E-state index in [0.717, 1.165) is 11.6 Å². The number of phenols is 1. The molecule has 0 heterocycles. The van der Waals surface area contributed by atoms with Gasteiger partial charge < -0.3 is 15.2 Å². The van der Waals surface area contributed by atoms with Gasteiger partial charge in [-0.1, -0.05) is 53.5 Å². The van der Waals surface area contributed by atoms with Crippen molar-refractivity contribution in [3.8, 4) is 5.75 Å². The average Bonchev–Trinajstić information content (AvgIpc) is 2.62. The first-order valence-electron chi connectivity index (χ1n) is 7.20. The number of benzene rings is 2. The van der Waals surface area contributed by atoms with Crippen molar-refractivity contribution >= 4 is 40.8 Å². The third-order valence-electron chi connectivity index (χ3n) is 3.51. The summed E-state index contributed by atoms with van der Waals surface area (Å²) in [6.07, 6.45) is 0.206. The molecule has 6 nitrogen and oxygen atoms in total. The minimum atomic E-state index is -0.965. The van der Waals surface area contributed by atoms with Crippen molar-refractivity contribution in [2.75, 3.05) is 7.11 Å². The van der Waals surface area contributed by atoms with E-state index < -0.39 is 23.7 Å². The summed E-state index contributed by atoms with van der Waals surface area (Å²) >= 11 is 11.6. The van der Waals surface area contributed by atoms with Crippen LogP contribution < -0.4 is 11.1 Å². The SMILES string of the molecule is COC(=O)[C@H](Cc1ccccc1)NC(=O)c1cc(Cl)c([NH])c(Cl)c1O. The standard InChI is InChI=1S/C17H15Cl2N2O4/c1-25-17(24)12(7-9-5-3-2-4-6-9)21-16(23)10-8-11(18)14(20)13(19)15(10)22/h2-6,8,12,20,22H,7H2,1H3,(H,21,23)/t12-/m0/s1. The minimum Gasteiger partial charge on any atom is -0.505 e. The molecule has 25 heavy (non-hydrogen) atoms. The summed E-state index contributed by atoms with van der Waals surface area (Å²) < 4.78 is 4.72. The second-order valence-electron chi connectivity index (χ2n) is 5.18. The van der Waals surface area contributed by atoms with E-state index in [0.29, 0.717) is 0 Å². The molecule has 0 aliphatic carbocycles. The van der Waals surface area contributed by atoms with E-state index in [1.165, 1.54) is 7.11 Å². The molecule has 2 aromatic rings. The Morgan fingerprint density at radius 3 is 2.52 bits per heavy atom. The van der Waals surface area contributed by atoms with Crippen LogP contribution in [0.1, 0.15) is 15.9 Å². The molecule has 2 aromatic carbocycles. The van der Waals surface area contributed by atoms with Gasteiger partial charge in [0.25, 0.3) is 5.91 Å². The fourth-order valence-electron chi connectivity index (χ4n) is 2.20. The fraction of sp³-hybridized carbons (Fsp3) is 0.176. The van der Waals surface area contributed by atoms with Crippen LogP contribution in [0.25, 0.3) is 0 Å². The Balaban J connectivity index is 2.27. The van der Waals surface area contributed by atoms with E-state index in [4.69, 9.17) is 33.7 Å². The number of carbonyl (C=O) groups excluding carboxylic acids is 2. The quantitative estimate of drug-likeness (QED) is 0.776. The zero-order valence-corrected chi connectivity index (χ0v) is 14.7. The number of ether oxygens (including phenoxy) is 1. The first-order valence-corrected chi connectivity index (χ1v) is 7.96. The number of aromatic hydroxyl groups is 1. The molecule has 0 saturated carbocycles. The Kier molecular flexibility index (Phi) is 6.12. The van der Waals surface area contributed by atoms with Crippen LogP contribution in [0.5, 0.6) is 5.75 Å². The van der Waals surface area contributed by atoms with Gasteiger partial charge >= 0.3 is 5.97 Å². The number of hydrogen-bond donors (Lipinski definition) is 2. The number of amides is 1. The first-order chi connectivity index (χ1) is 11.8. The van der Waals surface area contributed by atoms with E-state index in [-0.39, 0.29) is 27.7 Å². The maximum Gasteiger partial charge on any atom is 0.328 e. The van der Waals surface area contributed by atoms with Gasteiger partial charge in [0, 0.05) is 6.42 Å². The van der Waals surface area contributed by atoms with E-state index in [1.807, 2.05) is 30.3 Å². The molecule has 3 N–H and O–H groups in total. The van der Waals surface area contributed by atoms with Crippen LogP contribution in [0, 0.1) is 0 Å². The molecule has 0 aromatic heterocycles. The number of hydrogen-bond acceptors (Lipinski definition) is 4. The van der Waals surface area contributed by atoms with Gasteiger partial charge in [-0.2, -0.15) is 0 Å². The molecule has 0 spiro atoms. The summed E-state index contributed by atoms with van der Waals surface area (Å²) in [5.74, 6) is -1.96. The lowest BCUT2D eigenvalue weighted by Crippen LogP contribution is -2.43. The van der Waals surface area contributed by atoms with Gasteiger partial charge in [0.05, 0.1) is 23.4 Å². The van der Waals surface area contributed by atoms with Crippen molar-refractivity contribution in [2.45, 2.75) is 12.5 Å². The summed E-state index contributed by atoms with van der Waals surface area (Å²) in [7, 11) is 1.21. The number of carbonyl (C=O) groups is 2. The number of nitrogens with one attached hydrogen (secondary N) is 2. The van der Waals surface area contributed by atoms with Crippen molar-refractivity contribution in [1.82, 2.24) is 11.1 Å². The van der Waals surface area contributed by atoms with Gasteiger partial charge in [-0.05, 0) is 11.6 Å². The van der Waals surface area contributed by atoms with Crippen LogP contribution in [0.4, 0.5) is 5.69 Å². The summed E-state index contributed by atoms with van der Waals surface area (Å²) in [5, 5.41) is 12.0. The largest absolute Gasteiger partial charge is 0.505 e. The Hall–Kier alpha value is -2.44. The highest BCUT2D eigenvalue weighted by atomic mass is 35.5. The van der Waals surface area contributed by atoms with Crippen molar-refractivity contribution in [3.63, 3.8) is 0 Å². The Morgan fingerprint density at radius 1 is 1.28 bits per heavy atom. The highest BCUT2D eigenvalue weighted by Gasteiger charge is 2.25. The maximum atomic E-state index is 12.4. The molecule has 0 aliphatic rings. The number of rotatable bonds is 5. The smallest absolute Gasteiger partial charge is 0.328 e. The topological polar surface area (TPSA) is 99.4 Å². The normalized spacial score (nSPS) is 11.6. The molecule has 0 aliphatic heterocycles. The van der Waals surface area contributed by atoms with Crippen LogP contribution in [-0.2, 0) is 16.0 Å². The predicted octanol–water partition coefficient (Wildman–Crippen LogP) is 3.13. The monoisotopic (exact) mass is 381 g/mol. The van der Waals surface area contributed by atoms with E-state index in [1.54, 1.807) is 0 Å². The summed E-state index contributed by atoms with van der Waals surface area (Å²) in [4.78, 5) is 24.4. The van der Waals surface area contributed by atoms with Crippen LogP contribution in [0.15, 0.2) is 36.4 Å². The van der Waals surface area contributed by atoms with Crippen molar-refractivity contribution in [1.29, 1.82) is 0 Å². The Bertz CT molecular complexity index is 797. The van der Waals surface area contributed by atoms with Gasteiger partial charge in [0.1, 0.15) is 16.8 Å². The van der Waals surface area contributed by atoms with Gasteiger partial charge in [-0.25, -0.2) is 4.79 Å². The molecule has 1 radical (unpaired) electrons. The Labute approximate surface area is 154 Å². The fourth-order valence-corrected chi connectivity index (χ4v) is 2.66. The molecule has 1 atom stereocenters. The Morgan fingerprint density at radius 2 is 1.92 bits per heavy atom. The zero-order chi connectivity index (χ0) is 18.6. The summed E-state index contributed by atoms with van der Waals surface area (Å²) in [6.45, 7) is 0. The van der Waals surface area contributed by atoms with Crippen LogP contribution in [0.2, 0.25) is 10.0 Å². The van der Waals surface area contributed by atoms with Gasteiger partial charge in [0.2, 0.25) is 0 Å². The molecule has 2 rings (SSSR count). The van der Waals surface area contributed by atoms with Crippen molar-refractivity contribution < 1.29 is 19.4 Å². The third kappa shape index (κ3) is 4.35. The molecule has 8 heteroatoms.